The first-order valence-corrected chi connectivity index (χ1v) is 9.54. The second kappa shape index (κ2) is 10.7. The van der Waals surface area contributed by atoms with Gasteiger partial charge in [0.15, 0.2) is 0 Å². The summed E-state index contributed by atoms with van der Waals surface area (Å²) in [6.45, 7) is 13.5. The summed E-state index contributed by atoms with van der Waals surface area (Å²) in [5.41, 5.74) is 4.27. The molecule has 1 fully saturated rings. The van der Waals surface area contributed by atoms with Gasteiger partial charge in [-0.3, -0.25) is 0 Å². The van der Waals surface area contributed by atoms with E-state index < -0.39 is 0 Å². The van der Waals surface area contributed by atoms with Gasteiger partial charge in [0, 0.05) is 6.61 Å². The van der Waals surface area contributed by atoms with Crippen LogP contribution in [0.2, 0.25) is 0 Å². The highest BCUT2D eigenvalue weighted by Gasteiger charge is 2.39. The topological polar surface area (TPSA) is 20.2 Å². The van der Waals surface area contributed by atoms with Crippen LogP contribution in [0.4, 0.5) is 0 Å². The molecule has 0 heterocycles. The normalized spacial score (nSPS) is 26.5. The Morgan fingerprint density at radius 1 is 0.833 bits per heavy atom. The number of aliphatic hydroxyl groups is 1. The minimum atomic E-state index is 0.250. The summed E-state index contributed by atoms with van der Waals surface area (Å²) < 4.78 is 0. The van der Waals surface area contributed by atoms with E-state index in [0.717, 1.165) is 6.42 Å². The van der Waals surface area contributed by atoms with E-state index in [9.17, 15) is 0 Å². The lowest BCUT2D eigenvalue weighted by Gasteiger charge is -2.24. The van der Waals surface area contributed by atoms with Gasteiger partial charge in [-0.2, -0.15) is 0 Å². The molecule has 0 spiro atoms. The van der Waals surface area contributed by atoms with Crippen molar-refractivity contribution in [3.63, 3.8) is 0 Å². The third kappa shape index (κ3) is 7.21. The Labute approximate surface area is 150 Å². The molecule has 0 aromatic carbocycles. The number of allylic oxidation sites excluding steroid dienone is 7. The fourth-order valence-electron chi connectivity index (χ4n) is 3.93. The van der Waals surface area contributed by atoms with Gasteiger partial charge >= 0.3 is 0 Å². The van der Waals surface area contributed by atoms with Crippen LogP contribution in [0.5, 0.6) is 0 Å². The maximum atomic E-state index is 9.07. The van der Waals surface area contributed by atoms with Gasteiger partial charge in [0.1, 0.15) is 0 Å². The lowest BCUT2D eigenvalue weighted by atomic mass is 9.81. The van der Waals surface area contributed by atoms with Crippen LogP contribution in [0, 0.1) is 23.7 Å². The molecule has 0 aromatic rings. The Morgan fingerprint density at radius 2 is 1.38 bits per heavy atom. The second-order valence-electron chi connectivity index (χ2n) is 8.11. The van der Waals surface area contributed by atoms with Crippen LogP contribution in [0.1, 0.15) is 67.2 Å². The largest absolute Gasteiger partial charge is 0.396 e. The Kier molecular flexibility index (Phi) is 9.36. The van der Waals surface area contributed by atoms with Crippen molar-refractivity contribution in [3.8, 4) is 0 Å². The van der Waals surface area contributed by atoms with Crippen LogP contribution >= 0.6 is 0 Å². The lowest BCUT2D eigenvalue weighted by Crippen LogP contribution is -2.16. The fraction of sp³-hybridized carbons (Fsp3) is 0.652. The maximum Gasteiger partial charge on any atom is 0.0465 e. The summed E-state index contributed by atoms with van der Waals surface area (Å²) >= 11 is 0. The molecule has 1 N–H and O–H groups in total. The molecule has 24 heavy (non-hydrogen) atoms. The first-order chi connectivity index (χ1) is 11.3. The molecule has 1 heteroatoms. The van der Waals surface area contributed by atoms with Gasteiger partial charge in [-0.25, -0.2) is 0 Å². The Bertz CT molecular complexity index is 480. The number of hydrogen-bond donors (Lipinski definition) is 1. The van der Waals surface area contributed by atoms with E-state index in [1.807, 2.05) is 0 Å². The van der Waals surface area contributed by atoms with Gasteiger partial charge in [-0.1, -0.05) is 47.1 Å². The summed E-state index contributed by atoms with van der Waals surface area (Å²) in [6.07, 6.45) is 16.3. The third-order valence-electron chi connectivity index (χ3n) is 5.02. The smallest absolute Gasteiger partial charge is 0.0465 e. The van der Waals surface area contributed by atoms with Gasteiger partial charge in [0.05, 0.1) is 0 Å². The quantitative estimate of drug-likeness (QED) is 0.505. The van der Waals surface area contributed by atoms with E-state index in [1.165, 1.54) is 36.0 Å². The average Bonchev–Trinajstić information content (AvgIpc) is 2.79. The molecular formula is C23H38O. The van der Waals surface area contributed by atoms with Crippen molar-refractivity contribution >= 4 is 0 Å². The highest BCUT2D eigenvalue weighted by atomic mass is 16.2. The molecule has 4 unspecified atom stereocenters. The van der Waals surface area contributed by atoms with Crippen molar-refractivity contribution in [1.29, 1.82) is 0 Å². The van der Waals surface area contributed by atoms with E-state index in [0.29, 0.717) is 23.7 Å². The van der Waals surface area contributed by atoms with Gasteiger partial charge in [-0.05, 0) is 90.9 Å². The highest BCUT2D eigenvalue weighted by Crippen LogP contribution is 2.47. The van der Waals surface area contributed by atoms with Crippen LogP contribution in [0.3, 0.4) is 0 Å². The molecule has 136 valence electrons. The summed E-state index contributed by atoms with van der Waals surface area (Å²) in [5, 5.41) is 9.07. The van der Waals surface area contributed by atoms with Crippen molar-refractivity contribution in [2.24, 2.45) is 23.7 Å². The molecule has 1 aliphatic carbocycles. The average molecular weight is 331 g/mol. The summed E-state index contributed by atoms with van der Waals surface area (Å²) in [7, 11) is 0. The van der Waals surface area contributed by atoms with Crippen molar-refractivity contribution in [2.75, 3.05) is 6.61 Å². The Hall–Kier alpha value is -1.08. The summed E-state index contributed by atoms with van der Waals surface area (Å²) in [5.74, 6) is 2.72. The standard InChI is InChI=1S/C23H38O/c1-17(2)10-12-22-20(9-7-8-14-24)16-21(15-19(5)6)23(22)13-11-18(3)4/h7,9-11,15,20-24H,8,12-14,16H2,1-6H3/b9-7+. The predicted molar refractivity (Wildman–Crippen MR) is 107 cm³/mol. The molecular weight excluding hydrogens is 292 g/mol. The van der Waals surface area contributed by atoms with Gasteiger partial charge < -0.3 is 5.11 Å². The maximum absolute atomic E-state index is 9.07. The van der Waals surface area contributed by atoms with Crippen LogP contribution in [0.25, 0.3) is 0 Å². The fourth-order valence-corrected chi connectivity index (χ4v) is 3.93. The van der Waals surface area contributed by atoms with Gasteiger partial charge in [-0.15, -0.1) is 0 Å². The van der Waals surface area contributed by atoms with Crippen molar-refractivity contribution < 1.29 is 5.11 Å². The molecule has 0 amide bonds. The van der Waals surface area contributed by atoms with Gasteiger partial charge in [0.25, 0.3) is 0 Å². The lowest BCUT2D eigenvalue weighted by molar-refractivity contribution is 0.301. The Morgan fingerprint density at radius 3 is 1.83 bits per heavy atom. The molecule has 4 atom stereocenters. The third-order valence-corrected chi connectivity index (χ3v) is 5.02. The number of rotatable bonds is 8. The molecule has 0 bridgehead atoms. The summed E-state index contributed by atoms with van der Waals surface area (Å²) in [4.78, 5) is 0. The van der Waals surface area contributed by atoms with Crippen LogP contribution < -0.4 is 0 Å². The summed E-state index contributed by atoms with van der Waals surface area (Å²) in [6, 6.07) is 0. The first kappa shape index (κ1) is 21.0. The first-order valence-electron chi connectivity index (χ1n) is 9.54. The molecule has 1 saturated carbocycles. The van der Waals surface area contributed by atoms with E-state index in [1.54, 1.807) is 0 Å². The molecule has 0 aromatic heterocycles. The van der Waals surface area contributed by atoms with Crippen LogP contribution in [-0.4, -0.2) is 11.7 Å². The van der Waals surface area contributed by atoms with Crippen molar-refractivity contribution in [2.45, 2.75) is 67.2 Å². The molecule has 0 aliphatic heterocycles. The van der Waals surface area contributed by atoms with Gasteiger partial charge in [0.2, 0.25) is 0 Å². The minimum absolute atomic E-state index is 0.250. The molecule has 0 radical (unpaired) electrons. The van der Waals surface area contributed by atoms with Crippen molar-refractivity contribution in [3.05, 3.63) is 47.1 Å². The van der Waals surface area contributed by atoms with Crippen LogP contribution in [-0.2, 0) is 0 Å². The second-order valence-corrected chi connectivity index (χ2v) is 8.11. The number of hydrogen-bond acceptors (Lipinski definition) is 1. The van der Waals surface area contributed by atoms with E-state index >= 15 is 0 Å². The van der Waals surface area contributed by atoms with E-state index in [-0.39, 0.29) is 6.61 Å². The molecule has 1 rings (SSSR count). The minimum Gasteiger partial charge on any atom is -0.396 e. The SMILES string of the molecule is CC(C)=CCC1C(C=C(C)C)CC(/C=C/CCO)C1CC=C(C)C. The van der Waals surface area contributed by atoms with E-state index in [4.69, 9.17) is 5.11 Å². The van der Waals surface area contributed by atoms with Crippen LogP contribution in [0.15, 0.2) is 47.1 Å². The zero-order valence-electron chi connectivity index (χ0n) is 16.7. The number of aliphatic hydroxyl groups excluding tert-OH is 1. The molecule has 1 aliphatic rings. The highest BCUT2D eigenvalue weighted by molar-refractivity contribution is 5.12. The zero-order chi connectivity index (χ0) is 18.1. The molecule has 1 nitrogen and oxygen atoms in total. The van der Waals surface area contributed by atoms with Crippen molar-refractivity contribution in [1.82, 2.24) is 0 Å². The zero-order valence-corrected chi connectivity index (χ0v) is 16.7. The monoisotopic (exact) mass is 330 g/mol. The predicted octanol–water partition coefficient (Wildman–Crippen LogP) is 6.47. The molecule has 0 saturated heterocycles. The Balaban J connectivity index is 3.07. The van der Waals surface area contributed by atoms with E-state index in [2.05, 4.69) is 71.9 Å².